The minimum Gasteiger partial charge on any atom is -0.476 e. The lowest BCUT2D eigenvalue weighted by Gasteiger charge is -2.03. The van der Waals surface area contributed by atoms with E-state index in [9.17, 15) is 9.59 Å². The molecule has 0 radical (unpaired) electrons. The summed E-state index contributed by atoms with van der Waals surface area (Å²) >= 11 is 3.04. The van der Waals surface area contributed by atoms with Crippen molar-refractivity contribution in [3.05, 3.63) is 38.0 Å². The fraction of sp³-hybridized carbons (Fsp3) is 0.400. The number of carboxylic acid groups (broad SMARTS) is 1. The van der Waals surface area contributed by atoms with Gasteiger partial charge in [0, 0.05) is 35.1 Å². The maximum absolute atomic E-state index is 12.1. The van der Waals surface area contributed by atoms with Gasteiger partial charge in [-0.25, -0.2) is 9.78 Å². The minimum absolute atomic E-state index is 0.0711. The molecule has 2 N–H and O–H groups in total. The van der Waals surface area contributed by atoms with E-state index in [1.165, 1.54) is 27.2 Å². The number of thiazole rings is 1. The number of thiophene rings is 1. The summed E-state index contributed by atoms with van der Waals surface area (Å²) in [7, 11) is 0. The van der Waals surface area contributed by atoms with Crippen molar-refractivity contribution >= 4 is 34.6 Å². The Morgan fingerprint density at radius 3 is 2.91 bits per heavy atom. The summed E-state index contributed by atoms with van der Waals surface area (Å²) in [6.07, 6.45) is 1.49. The Kier molecular flexibility index (Phi) is 4.26. The van der Waals surface area contributed by atoms with Crippen LogP contribution in [0.4, 0.5) is 0 Å². The van der Waals surface area contributed by atoms with Gasteiger partial charge in [0.15, 0.2) is 5.69 Å². The number of carbonyl (C=O) groups excluding carboxylic acids is 1. The van der Waals surface area contributed by atoms with E-state index in [1.54, 1.807) is 11.3 Å². The van der Waals surface area contributed by atoms with E-state index < -0.39 is 5.97 Å². The SMILES string of the molecule is Cc1ccsc1[C@H]1C[C@@H]1C(=O)NCCc1nc(C(=O)O)cs1. The van der Waals surface area contributed by atoms with Gasteiger partial charge in [-0.1, -0.05) is 0 Å². The predicted octanol–water partition coefficient (Wildman–Crippen LogP) is 2.67. The molecular formula is C15H16N2O3S2. The van der Waals surface area contributed by atoms with Crippen LogP contribution >= 0.6 is 22.7 Å². The molecule has 0 aromatic carbocycles. The molecular weight excluding hydrogens is 320 g/mol. The lowest BCUT2D eigenvalue weighted by Crippen LogP contribution is -2.27. The summed E-state index contributed by atoms with van der Waals surface area (Å²) in [5.41, 5.74) is 1.34. The van der Waals surface area contributed by atoms with Crippen LogP contribution in [-0.2, 0) is 11.2 Å². The smallest absolute Gasteiger partial charge is 0.355 e. The number of carbonyl (C=O) groups is 2. The molecule has 1 aliphatic rings. The molecule has 22 heavy (non-hydrogen) atoms. The summed E-state index contributed by atoms with van der Waals surface area (Å²) in [6, 6.07) is 2.09. The van der Waals surface area contributed by atoms with E-state index in [4.69, 9.17) is 5.11 Å². The van der Waals surface area contributed by atoms with Crippen molar-refractivity contribution in [2.45, 2.75) is 25.7 Å². The Labute approximate surface area is 136 Å². The first kappa shape index (κ1) is 15.2. The van der Waals surface area contributed by atoms with Gasteiger partial charge in [0.25, 0.3) is 0 Å². The first-order chi connectivity index (χ1) is 10.6. The number of hydrogen-bond donors (Lipinski definition) is 2. The van der Waals surface area contributed by atoms with Crippen LogP contribution in [0.2, 0.25) is 0 Å². The molecule has 7 heteroatoms. The molecule has 0 unspecified atom stereocenters. The van der Waals surface area contributed by atoms with Gasteiger partial charge in [-0.15, -0.1) is 22.7 Å². The van der Waals surface area contributed by atoms with Crippen LogP contribution in [-0.4, -0.2) is 28.5 Å². The quantitative estimate of drug-likeness (QED) is 0.850. The Balaban J connectivity index is 1.45. The summed E-state index contributed by atoms with van der Waals surface area (Å²) in [5.74, 6) is -0.465. The van der Waals surface area contributed by atoms with Gasteiger partial charge in [-0.3, -0.25) is 4.79 Å². The second-order valence-corrected chi connectivity index (χ2v) is 7.28. The minimum atomic E-state index is -1.02. The van der Waals surface area contributed by atoms with E-state index in [-0.39, 0.29) is 17.5 Å². The maximum Gasteiger partial charge on any atom is 0.355 e. The number of aryl methyl sites for hydroxylation is 1. The van der Waals surface area contributed by atoms with Crippen LogP contribution in [0.25, 0.3) is 0 Å². The molecule has 2 aromatic heterocycles. The number of hydrogen-bond acceptors (Lipinski definition) is 5. The number of nitrogens with zero attached hydrogens (tertiary/aromatic N) is 1. The highest BCUT2D eigenvalue weighted by Gasteiger charge is 2.45. The fourth-order valence-electron chi connectivity index (χ4n) is 2.49. The van der Waals surface area contributed by atoms with Crippen LogP contribution in [0.3, 0.4) is 0 Å². The largest absolute Gasteiger partial charge is 0.476 e. The Hall–Kier alpha value is -1.73. The monoisotopic (exact) mass is 336 g/mol. The number of aromatic carboxylic acids is 1. The van der Waals surface area contributed by atoms with Crippen molar-refractivity contribution in [2.24, 2.45) is 5.92 Å². The first-order valence-electron chi connectivity index (χ1n) is 7.05. The number of amides is 1. The van der Waals surface area contributed by atoms with Gasteiger partial charge in [0.1, 0.15) is 0 Å². The fourth-order valence-corrected chi connectivity index (χ4v) is 4.37. The maximum atomic E-state index is 12.1. The van der Waals surface area contributed by atoms with E-state index in [1.807, 2.05) is 0 Å². The zero-order valence-corrected chi connectivity index (χ0v) is 13.7. The summed E-state index contributed by atoms with van der Waals surface area (Å²) in [5, 5.41) is 16.1. The number of nitrogens with one attached hydrogen (secondary N) is 1. The molecule has 0 saturated heterocycles. The first-order valence-corrected chi connectivity index (χ1v) is 8.81. The van der Waals surface area contributed by atoms with Gasteiger partial charge in [-0.05, 0) is 30.4 Å². The summed E-state index contributed by atoms with van der Waals surface area (Å²) < 4.78 is 0. The predicted molar refractivity (Wildman–Crippen MR) is 85.7 cm³/mol. The molecule has 2 heterocycles. The van der Waals surface area contributed by atoms with Crippen LogP contribution in [0, 0.1) is 12.8 Å². The number of carboxylic acids is 1. The van der Waals surface area contributed by atoms with Crippen LogP contribution < -0.4 is 5.32 Å². The second-order valence-electron chi connectivity index (χ2n) is 5.39. The molecule has 0 bridgehead atoms. The highest BCUT2D eigenvalue weighted by Crippen LogP contribution is 2.50. The molecule has 3 rings (SSSR count). The Morgan fingerprint density at radius 1 is 1.45 bits per heavy atom. The van der Waals surface area contributed by atoms with Gasteiger partial charge in [0.2, 0.25) is 5.91 Å². The van der Waals surface area contributed by atoms with E-state index in [0.29, 0.717) is 18.9 Å². The second kappa shape index (κ2) is 6.18. The lowest BCUT2D eigenvalue weighted by atomic mass is 10.2. The van der Waals surface area contributed by atoms with E-state index in [2.05, 4.69) is 28.7 Å². The third-order valence-corrected chi connectivity index (χ3v) is 5.83. The summed E-state index contributed by atoms with van der Waals surface area (Å²) in [4.78, 5) is 28.2. The third-order valence-electron chi connectivity index (χ3n) is 3.77. The zero-order chi connectivity index (χ0) is 15.7. The van der Waals surface area contributed by atoms with Crippen molar-refractivity contribution in [3.63, 3.8) is 0 Å². The molecule has 116 valence electrons. The molecule has 2 atom stereocenters. The topological polar surface area (TPSA) is 79.3 Å². The van der Waals surface area contributed by atoms with E-state index >= 15 is 0 Å². The molecule has 1 amide bonds. The highest BCUT2D eigenvalue weighted by molar-refractivity contribution is 7.10. The molecule has 1 fully saturated rings. The van der Waals surface area contributed by atoms with Crippen molar-refractivity contribution in [2.75, 3.05) is 6.54 Å². The van der Waals surface area contributed by atoms with Gasteiger partial charge >= 0.3 is 5.97 Å². The molecule has 5 nitrogen and oxygen atoms in total. The van der Waals surface area contributed by atoms with Crippen molar-refractivity contribution in [3.8, 4) is 0 Å². The zero-order valence-electron chi connectivity index (χ0n) is 12.0. The Bertz CT molecular complexity index is 707. The normalized spacial score (nSPS) is 19.9. The number of aromatic nitrogens is 1. The van der Waals surface area contributed by atoms with Crippen molar-refractivity contribution in [1.29, 1.82) is 0 Å². The van der Waals surface area contributed by atoms with Crippen LogP contribution in [0.15, 0.2) is 16.8 Å². The van der Waals surface area contributed by atoms with Crippen molar-refractivity contribution < 1.29 is 14.7 Å². The Morgan fingerprint density at radius 2 is 2.27 bits per heavy atom. The highest BCUT2D eigenvalue weighted by atomic mass is 32.1. The molecule has 0 aliphatic heterocycles. The van der Waals surface area contributed by atoms with Gasteiger partial charge in [0.05, 0.1) is 5.01 Å². The lowest BCUT2D eigenvalue weighted by molar-refractivity contribution is -0.122. The number of rotatable bonds is 6. The average molecular weight is 336 g/mol. The standard InChI is InChI=1S/C15H16N2O3S2/c1-8-3-5-21-13(8)9-6-10(9)14(18)16-4-2-12-17-11(7-22-12)15(19)20/h3,5,7,9-10H,2,4,6H2,1H3,(H,16,18)(H,19,20)/t9-,10-/m0/s1. The molecule has 0 spiro atoms. The van der Waals surface area contributed by atoms with Gasteiger partial charge < -0.3 is 10.4 Å². The molecule has 2 aromatic rings. The third kappa shape index (κ3) is 3.20. The van der Waals surface area contributed by atoms with Gasteiger partial charge in [-0.2, -0.15) is 0 Å². The van der Waals surface area contributed by atoms with Crippen molar-refractivity contribution in [1.82, 2.24) is 10.3 Å². The molecule has 1 saturated carbocycles. The van der Waals surface area contributed by atoms with Crippen LogP contribution in [0.5, 0.6) is 0 Å². The average Bonchev–Trinajstić information content (AvgIpc) is 2.91. The summed E-state index contributed by atoms with van der Waals surface area (Å²) in [6.45, 7) is 2.58. The molecule has 1 aliphatic carbocycles. The van der Waals surface area contributed by atoms with Crippen LogP contribution in [0.1, 0.15) is 38.3 Å². The van der Waals surface area contributed by atoms with E-state index in [0.717, 1.165) is 11.4 Å².